The van der Waals surface area contributed by atoms with Crippen LogP contribution in [0.25, 0.3) is 0 Å². The molecule has 1 N–H and O–H groups in total. The van der Waals surface area contributed by atoms with Gasteiger partial charge in [-0.15, -0.1) is 12.4 Å². The van der Waals surface area contributed by atoms with E-state index in [-0.39, 0.29) is 12.4 Å². The fourth-order valence-electron chi connectivity index (χ4n) is 2.67. The van der Waals surface area contributed by atoms with E-state index in [0.717, 1.165) is 18.5 Å². The van der Waals surface area contributed by atoms with Gasteiger partial charge in [0.15, 0.2) is 5.82 Å². The summed E-state index contributed by atoms with van der Waals surface area (Å²) in [5.41, 5.74) is 1.12. The molecule has 1 atom stereocenters. The van der Waals surface area contributed by atoms with Crippen LogP contribution in [0.2, 0.25) is 0 Å². The summed E-state index contributed by atoms with van der Waals surface area (Å²) in [6, 6.07) is 9.49. The molecule has 0 aliphatic carbocycles. The van der Waals surface area contributed by atoms with E-state index < -0.39 is 12.0 Å². The first-order valence-corrected chi connectivity index (χ1v) is 7.04. The Kier molecular flexibility index (Phi) is 5.51. The van der Waals surface area contributed by atoms with Crippen LogP contribution in [0, 0.1) is 0 Å². The molecule has 0 saturated carbocycles. The fraction of sp³-hybridized carbons (Fsp3) is 0.400. The molecule has 1 aromatic heterocycles. The number of carboxylic acids is 1. The van der Waals surface area contributed by atoms with Crippen molar-refractivity contribution in [3.05, 3.63) is 47.6 Å². The van der Waals surface area contributed by atoms with Gasteiger partial charge in [-0.25, -0.2) is 0 Å². The minimum atomic E-state index is -0.781. The number of nitrogens with zero attached hydrogens (tertiary/aromatic N) is 3. The van der Waals surface area contributed by atoms with E-state index in [4.69, 9.17) is 9.63 Å². The number of likely N-dealkylation sites (tertiary alicyclic amines) is 1. The summed E-state index contributed by atoms with van der Waals surface area (Å²) in [7, 11) is 0. The molecule has 0 radical (unpaired) electrons. The predicted octanol–water partition coefficient (Wildman–Crippen LogP) is 2.13. The Balaban J connectivity index is 0.00000176. The molecule has 0 amide bonds. The molecule has 2 aromatic rings. The molecule has 0 bridgehead atoms. The highest BCUT2D eigenvalue weighted by Gasteiger charge is 2.31. The highest BCUT2D eigenvalue weighted by molar-refractivity contribution is 5.85. The summed E-state index contributed by atoms with van der Waals surface area (Å²) in [5.74, 6) is 0.327. The topological polar surface area (TPSA) is 79.5 Å². The Morgan fingerprint density at radius 3 is 2.86 bits per heavy atom. The summed E-state index contributed by atoms with van der Waals surface area (Å²) in [4.78, 5) is 17.4. The summed E-state index contributed by atoms with van der Waals surface area (Å²) in [5, 5.41) is 13.1. The SMILES string of the molecule is Cl.O=C(O)C1CCCN1Cc1nc(Cc2ccccc2)no1. The number of halogens is 1. The summed E-state index contributed by atoms with van der Waals surface area (Å²) < 4.78 is 5.23. The van der Waals surface area contributed by atoms with Crippen molar-refractivity contribution in [3.63, 3.8) is 0 Å². The van der Waals surface area contributed by atoms with Crippen LogP contribution >= 0.6 is 12.4 Å². The van der Waals surface area contributed by atoms with Gasteiger partial charge >= 0.3 is 5.97 Å². The zero-order valence-corrected chi connectivity index (χ0v) is 12.8. The fourth-order valence-corrected chi connectivity index (χ4v) is 2.67. The van der Waals surface area contributed by atoms with Crippen LogP contribution in [-0.4, -0.2) is 38.7 Å². The number of hydrogen-bond acceptors (Lipinski definition) is 5. The molecule has 118 valence electrons. The zero-order chi connectivity index (χ0) is 14.7. The quantitative estimate of drug-likeness (QED) is 0.908. The van der Waals surface area contributed by atoms with Crippen LogP contribution in [0.15, 0.2) is 34.9 Å². The van der Waals surface area contributed by atoms with E-state index in [9.17, 15) is 4.79 Å². The molecule has 1 aromatic carbocycles. The third-order valence-electron chi connectivity index (χ3n) is 3.70. The first-order valence-electron chi connectivity index (χ1n) is 7.04. The number of rotatable bonds is 5. The average molecular weight is 324 g/mol. The summed E-state index contributed by atoms with van der Waals surface area (Å²) in [6.45, 7) is 1.16. The van der Waals surface area contributed by atoms with E-state index in [1.807, 2.05) is 35.2 Å². The highest BCUT2D eigenvalue weighted by atomic mass is 35.5. The summed E-state index contributed by atoms with van der Waals surface area (Å²) in [6.07, 6.45) is 2.19. The minimum Gasteiger partial charge on any atom is -0.480 e. The Morgan fingerprint density at radius 1 is 1.36 bits per heavy atom. The second-order valence-electron chi connectivity index (χ2n) is 5.23. The number of aromatic nitrogens is 2. The normalized spacial score (nSPS) is 18.1. The third-order valence-corrected chi connectivity index (χ3v) is 3.70. The van der Waals surface area contributed by atoms with Crippen LogP contribution in [-0.2, 0) is 17.8 Å². The molecule has 7 heteroatoms. The van der Waals surface area contributed by atoms with Crippen molar-refractivity contribution in [3.8, 4) is 0 Å². The van der Waals surface area contributed by atoms with Gasteiger partial charge in [-0.05, 0) is 24.9 Å². The van der Waals surface area contributed by atoms with Gasteiger partial charge in [0.05, 0.1) is 6.54 Å². The average Bonchev–Trinajstić information content (AvgIpc) is 3.10. The monoisotopic (exact) mass is 323 g/mol. The molecule has 6 nitrogen and oxygen atoms in total. The van der Waals surface area contributed by atoms with Crippen LogP contribution in [0.4, 0.5) is 0 Å². The van der Waals surface area contributed by atoms with Gasteiger partial charge in [0.1, 0.15) is 6.04 Å². The maximum absolute atomic E-state index is 11.1. The van der Waals surface area contributed by atoms with E-state index in [1.54, 1.807) is 0 Å². The lowest BCUT2D eigenvalue weighted by Gasteiger charge is -2.18. The maximum Gasteiger partial charge on any atom is 0.320 e. The molecular weight excluding hydrogens is 306 g/mol. The molecule has 2 heterocycles. The molecule has 3 rings (SSSR count). The van der Waals surface area contributed by atoms with E-state index >= 15 is 0 Å². The van der Waals surface area contributed by atoms with Gasteiger partial charge in [-0.1, -0.05) is 35.5 Å². The molecule has 22 heavy (non-hydrogen) atoms. The smallest absolute Gasteiger partial charge is 0.320 e. The number of carbonyl (C=O) groups is 1. The third kappa shape index (κ3) is 3.84. The zero-order valence-electron chi connectivity index (χ0n) is 12.0. The highest BCUT2D eigenvalue weighted by Crippen LogP contribution is 2.19. The predicted molar refractivity (Wildman–Crippen MR) is 81.9 cm³/mol. The van der Waals surface area contributed by atoms with Crippen molar-refractivity contribution in [2.24, 2.45) is 0 Å². The molecule has 1 saturated heterocycles. The molecular formula is C15H18ClN3O3. The molecule has 0 spiro atoms. The van der Waals surface area contributed by atoms with Crippen molar-refractivity contribution in [1.29, 1.82) is 0 Å². The van der Waals surface area contributed by atoms with Crippen molar-refractivity contribution in [2.75, 3.05) is 6.54 Å². The lowest BCUT2D eigenvalue weighted by molar-refractivity contribution is -0.142. The maximum atomic E-state index is 11.1. The largest absolute Gasteiger partial charge is 0.480 e. The first-order chi connectivity index (χ1) is 10.2. The van der Waals surface area contributed by atoms with Crippen molar-refractivity contribution >= 4 is 18.4 Å². The minimum absolute atomic E-state index is 0. The standard InChI is InChI=1S/C15H17N3O3.ClH/c19-15(20)12-7-4-8-18(12)10-14-16-13(17-21-14)9-11-5-2-1-3-6-11;/h1-3,5-6,12H,4,7-10H2,(H,19,20);1H. The Bertz CT molecular complexity index is 618. The van der Waals surface area contributed by atoms with Gasteiger partial charge in [0.25, 0.3) is 0 Å². The lowest BCUT2D eigenvalue weighted by atomic mass is 10.1. The summed E-state index contributed by atoms with van der Waals surface area (Å²) >= 11 is 0. The lowest BCUT2D eigenvalue weighted by Crippen LogP contribution is -2.35. The Hall–Kier alpha value is -1.92. The number of hydrogen-bond donors (Lipinski definition) is 1. The van der Waals surface area contributed by atoms with Crippen LogP contribution in [0.5, 0.6) is 0 Å². The van der Waals surface area contributed by atoms with Crippen LogP contribution in [0.1, 0.15) is 30.1 Å². The number of aliphatic carboxylic acids is 1. The van der Waals surface area contributed by atoms with E-state index in [1.165, 1.54) is 0 Å². The van der Waals surface area contributed by atoms with E-state index in [0.29, 0.717) is 31.1 Å². The molecule has 1 fully saturated rings. The van der Waals surface area contributed by atoms with Gasteiger partial charge in [-0.2, -0.15) is 4.98 Å². The first kappa shape index (κ1) is 16.5. The second kappa shape index (κ2) is 7.38. The van der Waals surface area contributed by atoms with Crippen molar-refractivity contribution in [1.82, 2.24) is 15.0 Å². The van der Waals surface area contributed by atoms with Gasteiger partial charge in [-0.3, -0.25) is 9.69 Å². The van der Waals surface area contributed by atoms with Gasteiger partial charge < -0.3 is 9.63 Å². The van der Waals surface area contributed by atoms with Crippen LogP contribution in [0.3, 0.4) is 0 Å². The molecule has 1 aliphatic heterocycles. The second-order valence-corrected chi connectivity index (χ2v) is 5.23. The van der Waals surface area contributed by atoms with Crippen molar-refractivity contribution in [2.45, 2.75) is 31.8 Å². The molecule has 1 unspecified atom stereocenters. The number of carboxylic acid groups (broad SMARTS) is 1. The number of benzene rings is 1. The molecule has 1 aliphatic rings. The van der Waals surface area contributed by atoms with Crippen LogP contribution < -0.4 is 0 Å². The van der Waals surface area contributed by atoms with Gasteiger partial charge in [0.2, 0.25) is 5.89 Å². The van der Waals surface area contributed by atoms with E-state index in [2.05, 4.69) is 10.1 Å². The van der Waals surface area contributed by atoms with Crippen molar-refractivity contribution < 1.29 is 14.4 Å². The van der Waals surface area contributed by atoms with Gasteiger partial charge in [0, 0.05) is 6.42 Å². The Labute approximate surface area is 134 Å². The Morgan fingerprint density at radius 2 is 2.14 bits per heavy atom.